The summed E-state index contributed by atoms with van der Waals surface area (Å²) in [5.74, 6) is 1.16. The normalized spacial score (nSPS) is 10.3. The first-order valence-corrected chi connectivity index (χ1v) is 6.08. The second-order valence-corrected chi connectivity index (χ2v) is 4.88. The molecule has 0 aliphatic carbocycles. The molecule has 0 aliphatic rings. The largest absolute Gasteiger partial charge is 0.439 e. The van der Waals surface area contributed by atoms with Crippen LogP contribution < -0.4 is 10.5 Å². The molecule has 0 bridgehead atoms. The molecule has 0 aliphatic heterocycles. The van der Waals surface area contributed by atoms with Gasteiger partial charge in [0.2, 0.25) is 5.88 Å². The predicted molar refractivity (Wildman–Crippen MR) is 72.6 cm³/mol. The quantitative estimate of drug-likeness (QED) is 0.846. The van der Waals surface area contributed by atoms with E-state index in [0.29, 0.717) is 22.3 Å². The minimum absolute atomic E-state index is 0.470. The van der Waals surface area contributed by atoms with Gasteiger partial charge in [0, 0.05) is 22.3 Å². The van der Waals surface area contributed by atoms with Crippen molar-refractivity contribution in [3.8, 4) is 11.6 Å². The summed E-state index contributed by atoms with van der Waals surface area (Å²) in [6, 6.07) is 7.05. The molecule has 88 valence electrons. The number of hydrogen-bond acceptors (Lipinski definition) is 3. The number of nitrogens with zero attached hydrogens (tertiary/aromatic N) is 1. The van der Waals surface area contributed by atoms with Gasteiger partial charge in [0.25, 0.3) is 0 Å². The smallest absolute Gasteiger partial charge is 0.222 e. The number of nitrogen functional groups attached to an aromatic ring is 1. The monoisotopic (exact) mass is 312 g/mol. The molecule has 1 heterocycles. The number of pyridine rings is 1. The number of nitrogens with two attached hydrogens (primary N) is 1. The molecule has 2 aromatic rings. The van der Waals surface area contributed by atoms with Crippen molar-refractivity contribution in [1.29, 1.82) is 0 Å². The van der Waals surface area contributed by atoms with E-state index in [1.165, 1.54) is 0 Å². The zero-order chi connectivity index (χ0) is 12.4. The molecule has 1 aromatic carbocycles. The molecule has 3 nitrogen and oxygen atoms in total. The molecule has 0 unspecified atom stereocenters. The Balaban J connectivity index is 2.28. The van der Waals surface area contributed by atoms with E-state index in [1.54, 1.807) is 24.4 Å². The number of ether oxygens (including phenoxy) is 1. The van der Waals surface area contributed by atoms with E-state index in [4.69, 9.17) is 22.1 Å². The van der Waals surface area contributed by atoms with Gasteiger partial charge in [-0.2, -0.15) is 0 Å². The van der Waals surface area contributed by atoms with Crippen LogP contribution >= 0.6 is 27.5 Å². The first-order valence-electron chi connectivity index (χ1n) is 4.91. The van der Waals surface area contributed by atoms with Crippen LogP contribution in [0.5, 0.6) is 11.6 Å². The lowest BCUT2D eigenvalue weighted by Gasteiger charge is -2.08. The van der Waals surface area contributed by atoms with E-state index in [9.17, 15) is 0 Å². The number of rotatable bonds is 2. The molecule has 2 N–H and O–H groups in total. The minimum Gasteiger partial charge on any atom is -0.439 e. The van der Waals surface area contributed by atoms with Gasteiger partial charge in [0.05, 0.1) is 10.7 Å². The van der Waals surface area contributed by atoms with Gasteiger partial charge in [-0.1, -0.05) is 11.6 Å². The summed E-state index contributed by atoms with van der Waals surface area (Å²) in [7, 11) is 0. The van der Waals surface area contributed by atoms with Crippen LogP contribution in [0.25, 0.3) is 0 Å². The zero-order valence-electron chi connectivity index (χ0n) is 9.08. The third-order valence-electron chi connectivity index (χ3n) is 2.18. The maximum atomic E-state index is 5.91. The van der Waals surface area contributed by atoms with Crippen LogP contribution in [0.4, 0.5) is 5.69 Å². The summed E-state index contributed by atoms with van der Waals surface area (Å²) < 4.78 is 6.54. The van der Waals surface area contributed by atoms with Crippen LogP contribution in [0.3, 0.4) is 0 Å². The Bertz CT molecular complexity index is 560. The SMILES string of the molecule is Cc1cc(Br)cnc1Oc1ccc(N)c(Cl)c1. The minimum atomic E-state index is 0.470. The summed E-state index contributed by atoms with van der Waals surface area (Å²) in [6.07, 6.45) is 1.68. The highest BCUT2D eigenvalue weighted by Crippen LogP contribution is 2.29. The van der Waals surface area contributed by atoms with Gasteiger partial charge in [-0.3, -0.25) is 0 Å². The summed E-state index contributed by atoms with van der Waals surface area (Å²) in [4.78, 5) is 4.18. The molecule has 0 radical (unpaired) electrons. The lowest BCUT2D eigenvalue weighted by Crippen LogP contribution is -1.92. The Hall–Kier alpha value is -1.26. The maximum absolute atomic E-state index is 5.91. The fourth-order valence-corrected chi connectivity index (χ4v) is 1.93. The van der Waals surface area contributed by atoms with Gasteiger partial charge in [-0.25, -0.2) is 4.98 Å². The molecule has 1 aromatic heterocycles. The van der Waals surface area contributed by atoms with Crippen LogP contribution in [0.2, 0.25) is 5.02 Å². The van der Waals surface area contributed by atoms with Crippen molar-refractivity contribution in [1.82, 2.24) is 4.98 Å². The van der Waals surface area contributed by atoms with E-state index in [1.807, 2.05) is 13.0 Å². The average Bonchev–Trinajstić information content (AvgIpc) is 2.27. The van der Waals surface area contributed by atoms with Crippen LogP contribution in [0.1, 0.15) is 5.56 Å². The average molecular weight is 314 g/mol. The molecule has 0 fully saturated rings. The van der Waals surface area contributed by atoms with Crippen LogP contribution in [0, 0.1) is 6.92 Å². The third-order valence-corrected chi connectivity index (χ3v) is 2.94. The van der Waals surface area contributed by atoms with Crippen molar-refractivity contribution < 1.29 is 4.74 Å². The van der Waals surface area contributed by atoms with E-state index in [-0.39, 0.29) is 0 Å². The standard InChI is InChI=1S/C12H10BrClN2O/c1-7-4-8(13)6-16-12(7)17-9-2-3-11(15)10(14)5-9/h2-6H,15H2,1H3. The van der Waals surface area contributed by atoms with Crippen LogP contribution in [0.15, 0.2) is 34.9 Å². The Kier molecular flexibility index (Phi) is 3.54. The van der Waals surface area contributed by atoms with E-state index in [0.717, 1.165) is 10.0 Å². The van der Waals surface area contributed by atoms with Gasteiger partial charge in [0.1, 0.15) is 5.75 Å². The van der Waals surface area contributed by atoms with Crippen molar-refractivity contribution in [2.24, 2.45) is 0 Å². The van der Waals surface area contributed by atoms with E-state index >= 15 is 0 Å². The van der Waals surface area contributed by atoms with Crippen molar-refractivity contribution in [3.05, 3.63) is 45.5 Å². The highest BCUT2D eigenvalue weighted by atomic mass is 79.9. The molecular weight excluding hydrogens is 304 g/mol. The molecule has 5 heteroatoms. The highest BCUT2D eigenvalue weighted by Gasteiger charge is 2.05. The van der Waals surface area contributed by atoms with Crippen LogP contribution in [-0.4, -0.2) is 4.98 Å². The molecule has 0 amide bonds. The van der Waals surface area contributed by atoms with Crippen molar-refractivity contribution in [2.45, 2.75) is 6.92 Å². The molecule has 17 heavy (non-hydrogen) atoms. The number of aryl methyl sites for hydroxylation is 1. The van der Waals surface area contributed by atoms with E-state index < -0.39 is 0 Å². The summed E-state index contributed by atoms with van der Waals surface area (Å²) in [5.41, 5.74) is 7.09. The van der Waals surface area contributed by atoms with Crippen molar-refractivity contribution in [2.75, 3.05) is 5.73 Å². The Morgan fingerprint density at radius 3 is 2.76 bits per heavy atom. The molecular formula is C12H10BrClN2O. The fraction of sp³-hybridized carbons (Fsp3) is 0.0833. The van der Waals surface area contributed by atoms with Gasteiger partial charge < -0.3 is 10.5 Å². The van der Waals surface area contributed by atoms with Crippen molar-refractivity contribution >= 4 is 33.2 Å². The fourth-order valence-electron chi connectivity index (χ4n) is 1.32. The first-order chi connectivity index (χ1) is 8.06. The number of hydrogen-bond donors (Lipinski definition) is 1. The van der Waals surface area contributed by atoms with Gasteiger partial charge in [-0.15, -0.1) is 0 Å². The number of anilines is 1. The summed E-state index contributed by atoms with van der Waals surface area (Å²) in [6.45, 7) is 1.92. The zero-order valence-corrected chi connectivity index (χ0v) is 11.4. The first kappa shape index (κ1) is 12.2. The Morgan fingerprint density at radius 1 is 1.35 bits per heavy atom. The Labute approximate surface area is 113 Å². The number of halogens is 2. The topological polar surface area (TPSA) is 48.1 Å². The lowest BCUT2D eigenvalue weighted by atomic mass is 10.3. The molecule has 0 spiro atoms. The number of aromatic nitrogens is 1. The Morgan fingerprint density at radius 2 is 2.12 bits per heavy atom. The third kappa shape index (κ3) is 2.90. The highest BCUT2D eigenvalue weighted by molar-refractivity contribution is 9.10. The lowest BCUT2D eigenvalue weighted by molar-refractivity contribution is 0.459. The van der Waals surface area contributed by atoms with E-state index in [2.05, 4.69) is 20.9 Å². The second-order valence-electron chi connectivity index (χ2n) is 3.56. The molecule has 0 saturated heterocycles. The molecule has 0 atom stereocenters. The summed E-state index contributed by atoms with van der Waals surface area (Å²) >= 11 is 9.26. The molecule has 0 saturated carbocycles. The van der Waals surface area contributed by atoms with Gasteiger partial charge in [0.15, 0.2) is 0 Å². The van der Waals surface area contributed by atoms with Gasteiger partial charge >= 0.3 is 0 Å². The van der Waals surface area contributed by atoms with Crippen LogP contribution in [-0.2, 0) is 0 Å². The maximum Gasteiger partial charge on any atom is 0.222 e. The molecule has 2 rings (SSSR count). The number of benzene rings is 1. The van der Waals surface area contributed by atoms with Gasteiger partial charge in [-0.05, 0) is 41.1 Å². The second kappa shape index (κ2) is 4.94. The summed E-state index contributed by atoms with van der Waals surface area (Å²) in [5, 5.41) is 0.470. The predicted octanol–water partition coefficient (Wildman–Crippen LogP) is 4.18. The van der Waals surface area contributed by atoms with Crippen molar-refractivity contribution in [3.63, 3.8) is 0 Å².